The van der Waals surface area contributed by atoms with E-state index in [1.165, 1.54) is 7.11 Å². The molecule has 0 aliphatic heterocycles. The van der Waals surface area contributed by atoms with Gasteiger partial charge in [0.1, 0.15) is 0 Å². The van der Waals surface area contributed by atoms with Crippen LogP contribution in [0.1, 0.15) is 22.9 Å². The van der Waals surface area contributed by atoms with Crippen molar-refractivity contribution >= 4 is 44.8 Å². The lowest BCUT2D eigenvalue weighted by molar-refractivity contribution is -0.141. The van der Waals surface area contributed by atoms with Crippen LogP contribution in [0.25, 0.3) is 0 Å². The minimum absolute atomic E-state index is 0.0555. The summed E-state index contributed by atoms with van der Waals surface area (Å²) in [6.07, 6.45) is 0.308. The molecule has 112 valence electrons. The van der Waals surface area contributed by atoms with E-state index >= 15 is 0 Å². The van der Waals surface area contributed by atoms with Gasteiger partial charge < -0.3 is 10.1 Å². The summed E-state index contributed by atoms with van der Waals surface area (Å²) in [4.78, 5) is 12.7. The minimum atomic E-state index is -0.226. The molecular formula is C15H15BrClNO2S. The van der Waals surface area contributed by atoms with Crippen LogP contribution < -0.4 is 5.32 Å². The summed E-state index contributed by atoms with van der Waals surface area (Å²) in [6, 6.07) is 9.61. The summed E-state index contributed by atoms with van der Waals surface area (Å²) >= 11 is 11.1. The van der Waals surface area contributed by atoms with Gasteiger partial charge in [-0.25, -0.2) is 0 Å². The highest BCUT2D eigenvalue weighted by molar-refractivity contribution is 9.10. The number of methoxy groups -OCH3 is 1. The molecule has 1 atom stereocenters. The predicted molar refractivity (Wildman–Crippen MR) is 89.7 cm³/mol. The molecular weight excluding hydrogens is 374 g/mol. The molecule has 1 unspecified atom stereocenters. The molecule has 0 bridgehead atoms. The van der Waals surface area contributed by atoms with E-state index < -0.39 is 0 Å². The maximum Gasteiger partial charge on any atom is 0.307 e. The Bertz CT molecular complexity index is 604. The van der Waals surface area contributed by atoms with E-state index in [1.807, 2.05) is 35.7 Å². The van der Waals surface area contributed by atoms with Gasteiger partial charge in [0.25, 0.3) is 0 Å². The average molecular weight is 389 g/mol. The summed E-state index contributed by atoms with van der Waals surface area (Å²) in [5, 5.41) is 6.09. The zero-order chi connectivity index (χ0) is 15.2. The molecule has 0 spiro atoms. The van der Waals surface area contributed by atoms with Gasteiger partial charge in [-0.1, -0.05) is 39.7 Å². The Morgan fingerprint density at radius 3 is 2.90 bits per heavy atom. The number of benzene rings is 1. The first-order valence-corrected chi connectivity index (χ1v) is 8.42. The molecule has 3 nitrogen and oxygen atoms in total. The summed E-state index contributed by atoms with van der Waals surface area (Å²) in [7, 11) is 1.41. The fourth-order valence-corrected chi connectivity index (χ4v) is 3.54. The van der Waals surface area contributed by atoms with Crippen LogP contribution in [-0.2, 0) is 16.1 Å². The maximum absolute atomic E-state index is 11.6. The molecule has 2 rings (SSSR count). The molecule has 1 heterocycles. The molecule has 0 fully saturated rings. The number of carbonyl (C=O) groups is 1. The molecule has 0 radical (unpaired) electrons. The lowest BCUT2D eigenvalue weighted by atomic mass is 10.1. The van der Waals surface area contributed by atoms with E-state index in [0.717, 1.165) is 14.9 Å². The quantitative estimate of drug-likeness (QED) is 0.737. The van der Waals surface area contributed by atoms with Crippen LogP contribution in [0.15, 0.2) is 40.2 Å². The van der Waals surface area contributed by atoms with Gasteiger partial charge in [-0.15, -0.1) is 11.3 Å². The zero-order valence-corrected chi connectivity index (χ0v) is 14.6. The highest BCUT2D eigenvalue weighted by Crippen LogP contribution is 2.25. The third-order valence-corrected chi connectivity index (χ3v) is 5.00. The summed E-state index contributed by atoms with van der Waals surface area (Å²) in [5.41, 5.74) is 1.09. The van der Waals surface area contributed by atoms with E-state index in [4.69, 9.17) is 16.3 Å². The molecule has 1 aromatic heterocycles. The zero-order valence-electron chi connectivity index (χ0n) is 11.4. The summed E-state index contributed by atoms with van der Waals surface area (Å²) < 4.78 is 5.72. The van der Waals surface area contributed by atoms with E-state index in [9.17, 15) is 4.79 Å². The number of hydrogen-bond acceptors (Lipinski definition) is 4. The Hall–Kier alpha value is -0.880. The van der Waals surface area contributed by atoms with E-state index in [-0.39, 0.29) is 12.0 Å². The Labute approximate surface area is 141 Å². The topological polar surface area (TPSA) is 38.3 Å². The fourth-order valence-electron chi connectivity index (χ4n) is 1.91. The van der Waals surface area contributed by atoms with Gasteiger partial charge >= 0.3 is 5.97 Å². The van der Waals surface area contributed by atoms with Gasteiger partial charge in [0, 0.05) is 20.9 Å². The van der Waals surface area contributed by atoms with Crippen LogP contribution in [0.3, 0.4) is 0 Å². The number of rotatable bonds is 6. The van der Waals surface area contributed by atoms with E-state index in [1.54, 1.807) is 11.3 Å². The van der Waals surface area contributed by atoms with Crippen LogP contribution in [0.2, 0.25) is 5.02 Å². The number of nitrogens with one attached hydrogen (secondary N) is 1. The molecule has 0 saturated heterocycles. The maximum atomic E-state index is 11.6. The number of thiophene rings is 1. The first-order valence-electron chi connectivity index (χ1n) is 6.37. The van der Waals surface area contributed by atoms with Crippen LogP contribution in [0.4, 0.5) is 0 Å². The summed E-state index contributed by atoms with van der Waals surface area (Å²) in [6.45, 7) is 0.636. The Balaban J connectivity index is 2.06. The fraction of sp³-hybridized carbons (Fsp3) is 0.267. The van der Waals surface area contributed by atoms with Gasteiger partial charge in [0.15, 0.2) is 0 Å². The second kappa shape index (κ2) is 7.94. The standard InChI is InChI=1S/C15H15BrClNO2S/c1-20-15(19)8-13(14-3-2-6-21-14)18-9-10-4-5-11(17)7-12(10)16/h2-7,13,18H,8-9H2,1H3. The lowest BCUT2D eigenvalue weighted by Gasteiger charge is -2.17. The SMILES string of the molecule is COC(=O)CC(NCc1ccc(Cl)cc1Br)c1cccs1. The second-order valence-corrected chi connectivity index (χ2v) is 6.73. The molecule has 0 aliphatic rings. The normalized spacial score (nSPS) is 12.1. The monoisotopic (exact) mass is 387 g/mol. The second-order valence-electron chi connectivity index (χ2n) is 4.46. The highest BCUT2D eigenvalue weighted by atomic mass is 79.9. The molecule has 0 saturated carbocycles. The number of carbonyl (C=O) groups excluding carboxylic acids is 1. The first kappa shape index (κ1) is 16.5. The van der Waals surface area contributed by atoms with Gasteiger partial charge in [-0.3, -0.25) is 4.79 Å². The largest absolute Gasteiger partial charge is 0.469 e. The van der Waals surface area contributed by atoms with Gasteiger partial charge in [-0.05, 0) is 29.1 Å². The molecule has 6 heteroatoms. The predicted octanol–water partition coefficient (Wildman–Crippen LogP) is 4.56. The third kappa shape index (κ3) is 4.81. The molecule has 1 aromatic carbocycles. The number of ether oxygens (including phenoxy) is 1. The van der Waals surface area contributed by atoms with Crippen molar-refractivity contribution in [3.63, 3.8) is 0 Å². The molecule has 1 N–H and O–H groups in total. The van der Waals surface area contributed by atoms with E-state index in [0.29, 0.717) is 18.0 Å². The van der Waals surface area contributed by atoms with Crippen molar-refractivity contribution in [2.45, 2.75) is 19.0 Å². The van der Waals surface area contributed by atoms with Gasteiger partial charge in [-0.2, -0.15) is 0 Å². The Kier molecular flexibility index (Phi) is 6.23. The van der Waals surface area contributed by atoms with Crippen molar-refractivity contribution in [2.24, 2.45) is 0 Å². The smallest absolute Gasteiger partial charge is 0.307 e. The minimum Gasteiger partial charge on any atom is -0.469 e. The van der Waals surface area contributed by atoms with Crippen LogP contribution in [0.5, 0.6) is 0 Å². The average Bonchev–Trinajstić information content (AvgIpc) is 2.98. The van der Waals surface area contributed by atoms with Crippen molar-refractivity contribution in [3.8, 4) is 0 Å². The number of hydrogen-bond donors (Lipinski definition) is 1. The van der Waals surface area contributed by atoms with Crippen LogP contribution in [-0.4, -0.2) is 13.1 Å². The molecule has 0 amide bonds. The lowest BCUT2D eigenvalue weighted by Crippen LogP contribution is -2.23. The number of esters is 1. The molecule has 2 aromatic rings. The van der Waals surface area contributed by atoms with Crippen LogP contribution >= 0.6 is 38.9 Å². The van der Waals surface area contributed by atoms with Crippen molar-refractivity contribution in [1.29, 1.82) is 0 Å². The Morgan fingerprint density at radius 1 is 1.48 bits per heavy atom. The van der Waals surface area contributed by atoms with Crippen molar-refractivity contribution in [2.75, 3.05) is 7.11 Å². The highest BCUT2D eigenvalue weighted by Gasteiger charge is 2.17. The Morgan fingerprint density at radius 2 is 2.29 bits per heavy atom. The third-order valence-electron chi connectivity index (χ3n) is 3.04. The van der Waals surface area contributed by atoms with Crippen LogP contribution in [0, 0.1) is 0 Å². The van der Waals surface area contributed by atoms with Crippen molar-refractivity contribution < 1.29 is 9.53 Å². The van der Waals surface area contributed by atoms with Crippen molar-refractivity contribution in [3.05, 3.63) is 55.6 Å². The van der Waals surface area contributed by atoms with Gasteiger partial charge in [0.05, 0.1) is 19.6 Å². The number of halogens is 2. The van der Waals surface area contributed by atoms with Gasteiger partial charge in [0.2, 0.25) is 0 Å². The first-order chi connectivity index (χ1) is 10.1. The summed E-state index contributed by atoms with van der Waals surface area (Å²) in [5.74, 6) is -0.226. The van der Waals surface area contributed by atoms with Crippen molar-refractivity contribution in [1.82, 2.24) is 5.32 Å². The van der Waals surface area contributed by atoms with E-state index in [2.05, 4.69) is 21.2 Å². The molecule has 0 aliphatic carbocycles. The molecule has 21 heavy (non-hydrogen) atoms.